The van der Waals surface area contributed by atoms with Crippen LogP contribution in [0.4, 0.5) is 0 Å². The van der Waals surface area contributed by atoms with Gasteiger partial charge in [0.2, 0.25) is 0 Å². The third kappa shape index (κ3) is 4.31. The molecular formula is C18H27NO3. The molecule has 122 valence electrons. The predicted molar refractivity (Wildman–Crippen MR) is 86.6 cm³/mol. The van der Waals surface area contributed by atoms with E-state index in [1.54, 1.807) is 0 Å². The maximum absolute atomic E-state index is 11.5. The summed E-state index contributed by atoms with van der Waals surface area (Å²) in [6, 6.07) is 9.34. The fraction of sp³-hybridized carbons (Fsp3) is 0.611. The number of aliphatic hydroxyl groups is 1. The highest BCUT2D eigenvalue weighted by atomic mass is 16.4. The highest BCUT2D eigenvalue weighted by Gasteiger charge is 2.32. The van der Waals surface area contributed by atoms with Crippen LogP contribution in [0.5, 0.6) is 0 Å². The van der Waals surface area contributed by atoms with Crippen molar-refractivity contribution in [3.05, 3.63) is 35.9 Å². The molecule has 2 rings (SSSR count). The Morgan fingerprint density at radius 3 is 2.32 bits per heavy atom. The van der Waals surface area contributed by atoms with Gasteiger partial charge in [-0.05, 0) is 49.8 Å². The molecule has 4 nitrogen and oxygen atoms in total. The van der Waals surface area contributed by atoms with E-state index in [2.05, 4.69) is 18.7 Å². The predicted octanol–water partition coefficient (Wildman–Crippen LogP) is 2.93. The van der Waals surface area contributed by atoms with Gasteiger partial charge in [-0.1, -0.05) is 44.2 Å². The summed E-state index contributed by atoms with van der Waals surface area (Å²) in [4.78, 5) is 13.5. The highest BCUT2D eigenvalue weighted by molar-refractivity contribution is 5.73. The second-order valence-electron chi connectivity index (χ2n) is 6.71. The maximum atomic E-state index is 11.5. The lowest BCUT2D eigenvalue weighted by Gasteiger charge is -2.37. The minimum atomic E-state index is -0.726. The number of nitrogens with zero attached hydrogens (tertiary/aromatic N) is 1. The molecule has 0 radical (unpaired) electrons. The van der Waals surface area contributed by atoms with Gasteiger partial charge in [-0.25, -0.2) is 0 Å². The zero-order chi connectivity index (χ0) is 16.1. The van der Waals surface area contributed by atoms with Crippen molar-refractivity contribution in [3.8, 4) is 0 Å². The Hall–Kier alpha value is -1.39. The van der Waals surface area contributed by atoms with E-state index in [0.717, 1.165) is 31.5 Å². The summed E-state index contributed by atoms with van der Waals surface area (Å²) < 4.78 is 0. The molecule has 0 aliphatic carbocycles. The molecule has 0 aromatic heterocycles. The fourth-order valence-electron chi connectivity index (χ4n) is 3.32. The number of hydrogen-bond donors (Lipinski definition) is 2. The molecule has 2 unspecified atom stereocenters. The fourth-order valence-corrected chi connectivity index (χ4v) is 3.32. The third-order valence-electron chi connectivity index (χ3n) is 4.58. The number of aliphatic hydroxyl groups excluding tert-OH is 1. The van der Waals surface area contributed by atoms with Crippen LogP contribution in [0.2, 0.25) is 0 Å². The Balaban J connectivity index is 1.93. The number of carbonyl (C=O) groups is 1. The summed E-state index contributed by atoms with van der Waals surface area (Å²) in [6.45, 7) is 5.61. The summed E-state index contributed by atoms with van der Waals surface area (Å²) in [5.74, 6) is -0.142. The third-order valence-corrected chi connectivity index (χ3v) is 4.58. The molecule has 0 spiro atoms. The second kappa shape index (κ2) is 7.75. The average Bonchev–Trinajstić information content (AvgIpc) is 2.52. The van der Waals surface area contributed by atoms with E-state index in [0.29, 0.717) is 12.3 Å². The molecule has 1 aliphatic rings. The van der Waals surface area contributed by atoms with Gasteiger partial charge in [0, 0.05) is 0 Å². The Morgan fingerprint density at radius 2 is 1.82 bits per heavy atom. The Bertz CT molecular complexity index is 466. The van der Waals surface area contributed by atoms with Gasteiger partial charge in [-0.3, -0.25) is 9.69 Å². The molecule has 0 saturated carbocycles. The van der Waals surface area contributed by atoms with E-state index in [-0.39, 0.29) is 5.92 Å². The van der Waals surface area contributed by atoms with Crippen molar-refractivity contribution in [1.82, 2.24) is 4.90 Å². The van der Waals surface area contributed by atoms with Crippen LogP contribution in [0.25, 0.3) is 0 Å². The van der Waals surface area contributed by atoms with Gasteiger partial charge >= 0.3 is 5.97 Å². The molecule has 1 heterocycles. The van der Waals surface area contributed by atoms with Gasteiger partial charge in [-0.15, -0.1) is 0 Å². The zero-order valence-corrected chi connectivity index (χ0v) is 13.5. The van der Waals surface area contributed by atoms with Gasteiger partial charge in [0.1, 0.15) is 6.04 Å². The molecule has 1 saturated heterocycles. The van der Waals surface area contributed by atoms with Gasteiger partial charge in [-0.2, -0.15) is 0 Å². The van der Waals surface area contributed by atoms with E-state index >= 15 is 0 Å². The van der Waals surface area contributed by atoms with Crippen molar-refractivity contribution in [2.45, 2.75) is 45.3 Å². The molecule has 4 heteroatoms. The number of piperidine rings is 1. The number of carboxylic acid groups (broad SMARTS) is 1. The summed E-state index contributed by atoms with van der Waals surface area (Å²) >= 11 is 0. The maximum Gasteiger partial charge on any atom is 0.320 e. The van der Waals surface area contributed by atoms with E-state index in [1.807, 2.05) is 30.3 Å². The van der Waals surface area contributed by atoms with Crippen LogP contribution in [0, 0.1) is 11.8 Å². The normalized spacial score (nSPS) is 20.0. The van der Waals surface area contributed by atoms with Crippen molar-refractivity contribution in [1.29, 1.82) is 0 Å². The van der Waals surface area contributed by atoms with Crippen LogP contribution < -0.4 is 0 Å². The molecule has 22 heavy (non-hydrogen) atoms. The number of hydrogen-bond acceptors (Lipinski definition) is 3. The number of benzene rings is 1. The monoisotopic (exact) mass is 305 g/mol. The number of carboxylic acids is 1. The lowest BCUT2D eigenvalue weighted by atomic mass is 9.86. The summed E-state index contributed by atoms with van der Waals surface area (Å²) in [5, 5.41) is 19.9. The van der Waals surface area contributed by atoms with Crippen molar-refractivity contribution >= 4 is 5.97 Å². The number of aliphatic carboxylic acids is 1. The molecule has 1 aromatic carbocycles. The zero-order valence-electron chi connectivity index (χ0n) is 13.5. The topological polar surface area (TPSA) is 60.8 Å². The Morgan fingerprint density at radius 1 is 1.23 bits per heavy atom. The minimum Gasteiger partial charge on any atom is -0.480 e. The van der Waals surface area contributed by atoms with Gasteiger partial charge in [0.25, 0.3) is 0 Å². The van der Waals surface area contributed by atoms with Crippen LogP contribution in [0.3, 0.4) is 0 Å². The van der Waals surface area contributed by atoms with Crippen molar-refractivity contribution < 1.29 is 15.0 Å². The molecular weight excluding hydrogens is 278 g/mol. The SMILES string of the molecule is CC(C)CC(C(=O)O)N1CCC(C(O)c2ccccc2)CC1. The van der Waals surface area contributed by atoms with Gasteiger partial charge in [0.05, 0.1) is 6.10 Å². The van der Waals surface area contributed by atoms with Crippen LogP contribution >= 0.6 is 0 Å². The summed E-state index contributed by atoms with van der Waals surface area (Å²) in [5.41, 5.74) is 0.956. The van der Waals surface area contributed by atoms with Gasteiger partial charge in [0.15, 0.2) is 0 Å². The first kappa shape index (κ1) is 17.0. The van der Waals surface area contributed by atoms with E-state index in [4.69, 9.17) is 0 Å². The molecule has 1 aliphatic heterocycles. The summed E-state index contributed by atoms with van der Waals surface area (Å²) in [6.07, 6.45) is 1.92. The lowest BCUT2D eigenvalue weighted by Crippen LogP contribution is -2.46. The highest BCUT2D eigenvalue weighted by Crippen LogP contribution is 2.31. The average molecular weight is 305 g/mol. The van der Waals surface area contributed by atoms with Crippen molar-refractivity contribution in [2.75, 3.05) is 13.1 Å². The minimum absolute atomic E-state index is 0.215. The smallest absolute Gasteiger partial charge is 0.320 e. The molecule has 2 atom stereocenters. The molecule has 2 N–H and O–H groups in total. The molecule has 1 fully saturated rings. The second-order valence-corrected chi connectivity index (χ2v) is 6.71. The standard InChI is InChI=1S/C18H27NO3/c1-13(2)12-16(18(21)22)19-10-8-15(9-11-19)17(20)14-6-4-3-5-7-14/h3-7,13,15-17,20H,8-12H2,1-2H3,(H,21,22). The Kier molecular flexibility index (Phi) is 5.98. The van der Waals surface area contributed by atoms with E-state index < -0.39 is 18.1 Å². The summed E-state index contributed by atoms with van der Waals surface area (Å²) in [7, 11) is 0. The quantitative estimate of drug-likeness (QED) is 0.848. The van der Waals surface area contributed by atoms with Crippen LogP contribution in [0.15, 0.2) is 30.3 Å². The first-order valence-electron chi connectivity index (χ1n) is 8.19. The van der Waals surface area contributed by atoms with Gasteiger partial charge < -0.3 is 10.2 Å². The van der Waals surface area contributed by atoms with Crippen molar-refractivity contribution in [2.24, 2.45) is 11.8 Å². The van der Waals surface area contributed by atoms with E-state index in [1.165, 1.54) is 0 Å². The first-order chi connectivity index (χ1) is 10.5. The first-order valence-corrected chi connectivity index (χ1v) is 8.19. The Labute approximate surface area is 132 Å². The molecule has 0 bridgehead atoms. The van der Waals surface area contributed by atoms with Crippen molar-refractivity contribution in [3.63, 3.8) is 0 Å². The van der Waals surface area contributed by atoms with Crippen LogP contribution in [0.1, 0.15) is 44.8 Å². The van der Waals surface area contributed by atoms with E-state index in [9.17, 15) is 15.0 Å². The largest absolute Gasteiger partial charge is 0.480 e. The molecule has 0 amide bonds. The number of likely N-dealkylation sites (tertiary alicyclic amines) is 1. The van der Waals surface area contributed by atoms with Crippen LogP contribution in [-0.2, 0) is 4.79 Å². The van der Waals surface area contributed by atoms with Crippen LogP contribution in [-0.4, -0.2) is 40.2 Å². The molecule has 1 aromatic rings. The lowest BCUT2D eigenvalue weighted by molar-refractivity contribution is -0.144. The number of rotatable bonds is 6.